The van der Waals surface area contributed by atoms with Crippen molar-refractivity contribution in [3.05, 3.63) is 78.1 Å². The molecule has 1 heterocycles. The van der Waals surface area contributed by atoms with Crippen molar-refractivity contribution >= 4 is 11.6 Å². The molecular formula is C18H15NO2. The van der Waals surface area contributed by atoms with E-state index >= 15 is 0 Å². The Bertz CT molecular complexity index is 760. The number of aryl methyl sites for hydroxylation is 1. The third kappa shape index (κ3) is 2.87. The average Bonchev–Trinajstić information content (AvgIpc) is 3.04. The quantitative estimate of drug-likeness (QED) is 0.765. The number of rotatable bonds is 3. The van der Waals surface area contributed by atoms with E-state index in [0.29, 0.717) is 5.56 Å². The van der Waals surface area contributed by atoms with E-state index < -0.39 is 0 Å². The SMILES string of the molecule is Cc1ccccc1NC(=O)c1cccc(-c2ccco2)c1. The van der Waals surface area contributed by atoms with Crippen molar-refractivity contribution in [3.8, 4) is 11.3 Å². The molecule has 3 heteroatoms. The van der Waals surface area contributed by atoms with Crippen LogP contribution in [0.1, 0.15) is 15.9 Å². The fourth-order valence-corrected chi connectivity index (χ4v) is 2.16. The molecule has 0 saturated heterocycles. The number of amides is 1. The van der Waals surface area contributed by atoms with E-state index in [1.807, 2.05) is 61.5 Å². The molecule has 0 aliphatic heterocycles. The van der Waals surface area contributed by atoms with Crippen molar-refractivity contribution < 1.29 is 9.21 Å². The second-order valence-corrected chi connectivity index (χ2v) is 4.83. The van der Waals surface area contributed by atoms with Gasteiger partial charge in [0, 0.05) is 16.8 Å². The highest BCUT2D eigenvalue weighted by molar-refractivity contribution is 6.05. The molecule has 0 aliphatic rings. The predicted molar refractivity (Wildman–Crippen MR) is 83.3 cm³/mol. The molecule has 3 nitrogen and oxygen atoms in total. The van der Waals surface area contributed by atoms with E-state index in [4.69, 9.17) is 4.42 Å². The Labute approximate surface area is 123 Å². The molecule has 2 aromatic carbocycles. The van der Waals surface area contributed by atoms with Gasteiger partial charge < -0.3 is 9.73 Å². The molecule has 1 N–H and O–H groups in total. The van der Waals surface area contributed by atoms with Crippen LogP contribution in [0.15, 0.2) is 71.3 Å². The maximum atomic E-state index is 12.3. The molecule has 0 atom stereocenters. The van der Waals surface area contributed by atoms with E-state index in [0.717, 1.165) is 22.6 Å². The lowest BCUT2D eigenvalue weighted by atomic mass is 10.1. The summed E-state index contributed by atoms with van der Waals surface area (Å²) in [4.78, 5) is 12.3. The smallest absolute Gasteiger partial charge is 0.255 e. The molecule has 0 fully saturated rings. The fourth-order valence-electron chi connectivity index (χ4n) is 2.16. The molecule has 0 radical (unpaired) electrons. The lowest BCUT2D eigenvalue weighted by molar-refractivity contribution is 0.102. The molecule has 3 rings (SSSR count). The highest BCUT2D eigenvalue weighted by atomic mass is 16.3. The molecule has 3 aromatic rings. The van der Waals surface area contributed by atoms with Crippen LogP contribution < -0.4 is 5.32 Å². The van der Waals surface area contributed by atoms with Crippen LogP contribution in [0.4, 0.5) is 5.69 Å². The third-order valence-electron chi connectivity index (χ3n) is 3.32. The van der Waals surface area contributed by atoms with Crippen LogP contribution in [-0.4, -0.2) is 5.91 Å². The van der Waals surface area contributed by atoms with Gasteiger partial charge in [0.15, 0.2) is 0 Å². The Morgan fingerprint density at radius 1 is 1.00 bits per heavy atom. The lowest BCUT2D eigenvalue weighted by Crippen LogP contribution is -2.12. The number of carbonyl (C=O) groups excluding carboxylic acids is 1. The Hall–Kier alpha value is -2.81. The summed E-state index contributed by atoms with van der Waals surface area (Å²) in [6, 6.07) is 18.8. The molecule has 1 aromatic heterocycles. The topological polar surface area (TPSA) is 42.2 Å². The van der Waals surface area contributed by atoms with Gasteiger partial charge in [-0.2, -0.15) is 0 Å². The van der Waals surface area contributed by atoms with Gasteiger partial charge in [0.2, 0.25) is 0 Å². The molecule has 0 aliphatic carbocycles. The Morgan fingerprint density at radius 2 is 1.86 bits per heavy atom. The summed E-state index contributed by atoms with van der Waals surface area (Å²) >= 11 is 0. The normalized spacial score (nSPS) is 10.3. The average molecular weight is 277 g/mol. The first-order chi connectivity index (χ1) is 10.2. The number of benzene rings is 2. The minimum atomic E-state index is -0.127. The molecule has 21 heavy (non-hydrogen) atoms. The van der Waals surface area contributed by atoms with Gasteiger partial charge in [-0.15, -0.1) is 0 Å². The standard InChI is InChI=1S/C18H15NO2/c1-13-6-2-3-9-16(13)19-18(20)15-8-4-7-14(12-15)17-10-5-11-21-17/h2-12H,1H3,(H,19,20). The molecule has 0 bridgehead atoms. The van der Waals surface area contributed by atoms with Gasteiger partial charge in [-0.05, 0) is 42.8 Å². The van der Waals surface area contributed by atoms with Crippen molar-refractivity contribution in [2.24, 2.45) is 0 Å². The number of para-hydroxylation sites is 1. The summed E-state index contributed by atoms with van der Waals surface area (Å²) < 4.78 is 5.36. The van der Waals surface area contributed by atoms with Crippen LogP contribution in [-0.2, 0) is 0 Å². The van der Waals surface area contributed by atoms with E-state index in [-0.39, 0.29) is 5.91 Å². The van der Waals surface area contributed by atoms with E-state index in [2.05, 4.69) is 5.32 Å². The minimum Gasteiger partial charge on any atom is -0.464 e. The largest absolute Gasteiger partial charge is 0.464 e. The summed E-state index contributed by atoms with van der Waals surface area (Å²) in [5.41, 5.74) is 3.35. The predicted octanol–water partition coefficient (Wildman–Crippen LogP) is 4.51. The second-order valence-electron chi connectivity index (χ2n) is 4.83. The highest BCUT2D eigenvalue weighted by Gasteiger charge is 2.09. The Balaban J connectivity index is 1.85. The van der Waals surface area contributed by atoms with Crippen molar-refractivity contribution in [2.45, 2.75) is 6.92 Å². The van der Waals surface area contributed by atoms with Crippen molar-refractivity contribution in [1.82, 2.24) is 0 Å². The summed E-state index contributed by atoms with van der Waals surface area (Å²) in [6.45, 7) is 1.97. The molecule has 104 valence electrons. The zero-order valence-electron chi connectivity index (χ0n) is 11.7. The Kier molecular flexibility index (Phi) is 3.56. The van der Waals surface area contributed by atoms with Gasteiger partial charge in [-0.25, -0.2) is 0 Å². The van der Waals surface area contributed by atoms with Crippen LogP contribution in [0, 0.1) is 6.92 Å². The first-order valence-electron chi connectivity index (χ1n) is 6.75. The van der Waals surface area contributed by atoms with E-state index in [1.54, 1.807) is 12.3 Å². The van der Waals surface area contributed by atoms with Crippen LogP contribution in [0.3, 0.4) is 0 Å². The maximum Gasteiger partial charge on any atom is 0.255 e. The van der Waals surface area contributed by atoms with E-state index in [9.17, 15) is 4.79 Å². The number of nitrogens with one attached hydrogen (secondary N) is 1. The summed E-state index contributed by atoms with van der Waals surface area (Å²) in [5, 5.41) is 2.93. The first-order valence-corrected chi connectivity index (χ1v) is 6.75. The van der Waals surface area contributed by atoms with Crippen LogP contribution >= 0.6 is 0 Å². The maximum absolute atomic E-state index is 12.3. The Morgan fingerprint density at radius 3 is 2.62 bits per heavy atom. The molecule has 0 saturated carbocycles. The zero-order chi connectivity index (χ0) is 14.7. The summed E-state index contributed by atoms with van der Waals surface area (Å²) in [5.74, 6) is 0.623. The molecular weight excluding hydrogens is 262 g/mol. The number of hydrogen-bond acceptors (Lipinski definition) is 2. The van der Waals surface area contributed by atoms with Crippen LogP contribution in [0.5, 0.6) is 0 Å². The number of carbonyl (C=O) groups is 1. The molecule has 1 amide bonds. The number of hydrogen-bond donors (Lipinski definition) is 1. The van der Waals surface area contributed by atoms with Crippen molar-refractivity contribution in [1.29, 1.82) is 0 Å². The monoisotopic (exact) mass is 277 g/mol. The molecule has 0 unspecified atom stereocenters. The second kappa shape index (κ2) is 5.67. The fraction of sp³-hybridized carbons (Fsp3) is 0.0556. The first kappa shape index (κ1) is 13.2. The minimum absolute atomic E-state index is 0.127. The van der Waals surface area contributed by atoms with Gasteiger partial charge in [0.25, 0.3) is 5.91 Å². The lowest BCUT2D eigenvalue weighted by Gasteiger charge is -2.08. The van der Waals surface area contributed by atoms with Gasteiger partial charge in [0.05, 0.1) is 6.26 Å². The van der Waals surface area contributed by atoms with Crippen molar-refractivity contribution in [3.63, 3.8) is 0 Å². The highest BCUT2D eigenvalue weighted by Crippen LogP contribution is 2.21. The van der Waals surface area contributed by atoms with Gasteiger partial charge in [0.1, 0.15) is 5.76 Å². The van der Waals surface area contributed by atoms with Crippen molar-refractivity contribution in [2.75, 3.05) is 5.32 Å². The van der Waals surface area contributed by atoms with Gasteiger partial charge >= 0.3 is 0 Å². The van der Waals surface area contributed by atoms with Gasteiger partial charge in [-0.1, -0.05) is 30.3 Å². The van der Waals surface area contributed by atoms with Crippen LogP contribution in [0.2, 0.25) is 0 Å². The molecule has 0 spiro atoms. The number of furan rings is 1. The number of anilines is 1. The van der Waals surface area contributed by atoms with Gasteiger partial charge in [-0.3, -0.25) is 4.79 Å². The summed E-state index contributed by atoms with van der Waals surface area (Å²) in [7, 11) is 0. The summed E-state index contributed by atoms with van der Waals surface area (Å²) in [6.07, 6.45) is 1.62. The van der Waals surface area contributed by atoms with E-state index in [1.165, 1.54) is 0 Å². The van der Waals surface area contributed by atoms with Crippen LogP contribution in [0.25, 0.3) is 11.3 Å². The zero-order valence-corrected chi connectivity index (χ0v) is 11.7. The third-order valence-corrected chi connectivity index (χ3v) is 3.32.